The van der Waals surface area contributed by atoms with Gasteiger partial charge in [-0.05, 0) is 49.5 Å². The van der Waals surface area contributed by atoms with Gasteiger partial charge in [-0.1, -0.05) is 18.2 Å². The van der Waals surface area contributed by atoms with Crippen LogP contribution in [0, 0.1) is 5.82 Å². The maximum atomic E-state index is 13.2. The van der Waals surface area contributed by atoms with Crippen molar-refractivity contribution >= 4 is 17.2 Å². The number of carbonyl (C=O) groups excluding carboxylic acids is 1. The summed E-state index contributed by atoms with van der Waals surface area (Å²) in [6.45, 7) is 3.04. The lowest BCUT2D eigenvalue weighted by Gasteiger charge is -2.24. The highest BCUT2D eigenvalue weighted by atomic mass is 32.1. The fourth-order valence-corrected chi connectivity index (χ4v) is 2.88. The van der Waals surface area contributed by atoms with Crippen LogP contribution < -0.4 is 5.32 Å². The molecule has 1 N–H and O–H groups in total. The molecule has 1 aromatic carbocycles. The Morgan fingerprint density at radius 3 is 2.86 bits per heavy atom. The smallest absolute Gasteiger partial charge is 0.237 e. The van der Waals surface area contributed by atoms with Crippen LogP contribution in [0.3, 0.4) is 0 Å². The fraction of sp³-hybridized carbons (Fsp3) is 0.353. The minimum Gasteiger partial charge on any atom is -0.354 e. The summed E-state index contributed by atoms with van der Waals surface area (Å²) < 4.78 is 13.2. The summed E-state index contributed by atoms with van der Waals surface area (Å²) in [7, 11) is 1.87. The molecule has 1 aromatic heterocycles. The number of amides is 1. The molecule has 118 valence electrons. The zero-order valence-corrected chi connectivity index (χ0v) is 13.7. The van der Waals surface area contributed by atoms with E-state index in [1.165, 1.54) is 17.0 Å². The predicted molar refractivity (Wildman–Crippen MR) is 88.4 cm³/mol. The number of benzene rings is 1. The molecule has 0 saturated carbocycles. The van der Waals surface area contributed by atoms with Crippen molar-refractivity contribution < 1.29 is 9.18 Å². The lowest BCUT2D eigenvalue weighted by atomic mass is 10.2. The summed E-state index contributed by atoms with van der Waals surface area (Å²) in [6, 6.07) is 10.3. The highest BCUT2D eigenvalue weighted by Gasteiger charge is 2.17. The molecule has 5 heteroatoms. The largest absolute Gasteiger partial charge is 0.354 e. The number of likely N-dealkylation sites (N-methyl/N-ethyl adjacent to an activating group) is 1. The molecule has 0 fully saturated rings. The molecule has 1 heterocycles. The van der Waals surface area contributed by atoms with Crippen molar-refractivity contribution in [2.75, 3.05) is 13.6 Å². The van der Waals surface area contributed by atoms with Crippen molar-refractivity contribution in [3.8, 4) is 0 Å². The fourth-order valence-electron chi connectivity index (χ4n) is 2.17. The second-order valence-corrected chi connectivity index (χ2v) is 6.37. The molecule has 0 aliphatic carbocycles. The van der Waals surface area contributed by atoms with Gasteiger partial charge in [-0.25, -0.2) is 4.39 Å². The van der Waals surface area contributed by atoms with Crippen LogP contribution >= 0.6 is 11.3 Å². The van der Waals surface area contributed by atoms with Gasteiger partial charge in [0.15, 0.2) is 0 Å². The van der Waals surface area contributed by atoms with Crippen molar-refractivity contribution in [1.29, 1.82) is 0 Å². The SMILES string of the molecule is CC(C(=O)NCCc1cccs1)N(C)Cc1cccc(F)c1. The molecule has 22 heavy (non-hydrogen) atoms. The van der Waals surface area contributed by atoms with Gasteiger partial charge in [0.1, 0.15) is 5.82 Å². The van der Waals surface area contributed by atoms with E-state index in [4.69, 9.17) is 0 Å². The number of rotatable bonds is 7. The minimum atomic E-state index is -0.258. The van der Waals surface area contributed by atoms with E-state index >= 15 is 0 Å². The van der Waals surface area contributed by atoms with E-state index in [1.807, 2.05) is 36.4 Å². The molecular weight excluding hydrogens is 299 g/mol. The monoisotopic (exact) mass is 320 g/mol. The molecule has 0 aliphatic heterocycles. The first kappa shape index (κ1) is 16.6. The molecule has 0 aliphatic rings. The van der Waals surface area contributed by atoms with E-state index in [-0.39, 0.29) is 17.8 Å². The number of hydrogen-bond acceptors (Lipinski definition) is 3. The van der Waals surface area contributed by atoms with Crippen LogP contribution in [0.5, 0.6) is 0 Å². The summed E-state index contributed by atoms with van der Waals surface area (Å²) in [5.74, 6) is -0.255. The van der Waals surface area contributed by atoms with Crippen LogP contribution in [0.1, 0.15) is 17.4 Å². The van der Waals surface area contributed by atoms with E-state index in [1.54, 1.807) is 17.4 Å². The summed E-state index contributed by atoms with van der Waals surface area (Å²) in [5, 5.41) is 4.99. The highest BCUT2D eigenvalue weighted by Crippen LogP contribution is 2.10. The average Bonchev–Trinajstić information content (AvgIpc) is 2.99. The highest BCUT2D eigenvalue weighted by molar-refractivity contribution is 7.09. The molecule has 1 unspecified atom stereocenters. The molecular formula is C17H21FN2OS. The zero-order valence-electron chi connectivity index (χ0n) is 12.9. The second-order valence-electron chi connectivity index (χ2n) is 5.34. The minimum absolute atomic E-state index is 0.00420. The van der Waals surface area contributed by atoms with Crippen LogP contribution in [0.2, 0.25) is 0 Å². The van der Waals surface area contributed by atoms with Gasteiger partial charge in [-0.3, -0.25) is 9.69 Å². The Labute approximate surface area is 134 Å². The lowest BCUT2D eigenvalue weighted by Crippen LogP contribution is -2.43. The maximum absolute atomic E-state index is 13.2. The Morgan fingerprint density at radius 2 is 2.18 bits per heavy atom. The molecule has 0 saturated heterocycles. The van der Waals surface area contributed by atoms with E-state index in [9.17, 15) is 9.18 Å². The molecule has 2 aromatic rings. The van der Waals surface area contributed by atoms with E-state index in [0.717, 1.165) is 12.0 Å². The van der Waals surface area contributed by atoms with Gasteiger partial charge in [-0.15, -0.1) is 11.3 Å². The molecule has 3 nitrogen and oxygen atoms in total. The number of halogens is 1. The van der Waals surface area contributed by atoms with Crippen LogP contribution in [-0.4, -0.2) is 30.4 Å². The molecule has 0 spiro atoms. The van der Waals surface area contributed by atoms with Crippen LogP contribution in [0.15, 0.2) is 41.8 Å². The van der Waals surface area contributed by atoms with Crippen LogP contribution in [-0.2, 0) is 17.8 Å². The number of hydrogen-bond donors (Lipinski definition) is 1. The van der Waals surface area contributed by atoms with Gasteiger partial charge in [0.05, 0.1) is 6.04 Å². The standard InChI is InChI=1S/C17H21FN2OS/c1-13(17(21)19-9-8-16-7-4-10-22-16)20(2)12-14-5-3-6-15(18)11-14/h3-7,10-11,13H,8-9,12H2,1-2H3,(H,19,21). The van der Waals surface area contributed by atoms with Gasteiger partial charge in [0.25, 0.3) is 0 Å². The Kier molecular flexibility index (Phi) is 6.10. The molecule has 1 amide bonds. The Hall–Kier alpha value is -1.72. The zero-order chi connectivity index (χ0) is 15.9. The van der Waals surface area contributed by atoms with Crippen molar-refractivity contribution in [3.63, 3.8) is 0 Å². The molecule has 2 rings (SSSR count). The van der Waals surface area contributed by atoms with E-state index in [2.05, 4.69) is 11.4 Å². The van der Waals surface area contributed by atoms with Crippen molar-refractivity contribution in [1.82, 2.24) is 10.2 Å². The Bertz CT molecular complexity index is 600. The van der Waals surface area contributed by atoms with Crippen molar-refractivity contribution in [2.24, 2.45) is 0 Å². The first-order chi connectivity index (χ1) is 10.6. The number of thiophene rings is 1. The third-order valence-corrected chi connectivity index (χ3v) is 4.55. The van der Waals surface area contributed by atoms with E-state index < -0.39 is 0 Å². The number of nitrogens with one attached hydrogen (secondary N) is 1. The summed E-state index contributed by atoms with van der Waals surface area (Å²) in [6.07, 6.45) is 0.851. The van der Waals surface area contributed by atoms with Crippen molar-refractivity contribution in [3.05, 3.63) is 58.0 Å². The van der Waals surface area contributed by atoms with Crippen molar-refractivity contribution in [2.45, 2.75) is 25.9 Å². The van der Waals surface area contributed by atoms with E-state index in [0.29, 0.717) is 13.1 Å². The lowest BCUT2D eigenvalue weighted by molar-refractivity contribution is -0.125. The second kappa shape index (κ2) is 8.06. The number of carbonyl (C=O) groups is 1. The van der Waals surface area contributed by atoms with Crippen LogP contribution in [0.25, 0.3) is 0 Å². The maximum Gasteiger partial charge on any atom is 0.237 e. The van der Waals surface area contributed by atoms with Gasteiger partial charge in [0.2, 0.25) is 5.91 Å². The third kappa shape index (κ3) is 4.93. The first-order valence-corrected chi connectivity index (χ1v) is 8.19. The first-order valence-electron chi connectivity index (χ1n) is 7.31. The normalized spacial score (nSPS) is 12.4. The molecule has 1 atom stereocenters. The average molecular weight is 320 g/mol. The third-order valence-electron chi connectivity index (χ3n) is 3.61. The van der Waals surface area contributed by atoms with Crippen LogP contribution in [0.4, 0.5) is 4.39 Å². The summed E-state index contributed by atoms with van der Waals surface area (Å²) in [5.41, 5.74) is 0.862. The Balaban J connectivity index is 1.79. The molecule has 0 bridgehead atoms. The van der Waals surface area contributed by atoms with Gasteiger partial charge in [0, 0.05) is 18.0 Å². The Morgan fingerprint density at radius 1 is 1.36 bits per heavy atom. The molecule has 0 radical (unpaired) electrons. The number of nitrogens with zero attached hydrogens (tertiary/aromatic N) is 1. The summed E-state index contributed by atoms with van der Waals surface area (Å²) >= 11 is 1.70. The predicted octanol–water partition coefficient (Wildman–Crippen LogP) is 3.07. The van der Waals surface area contributed by atoms with Gasteiger partial charge < -0.3 is 5.32 Å². The summed E-state index contributed by atoms with van der Waals surface area (Å²) in [4.78, 5) is 15.3. The topological polar surface area (TPSA) is 32.3 Å². The quantitative estimate of drug-likeness (QED) is 0.850. The van der Waals surface area contributed by atoms with Gasteiger partial charge in [-0.2, -0.15) is 0 Å². The van der Waals surface area contributed by atoms with Gasteiger partial charge >= 0.3 is 0 Å².